The minimum Gasteiger partial charge on any atom is -0.481 e. The molecule has 0 saturated heterocycles. The molecule has 1 aromatic heterocycles. The summed E-state index contributed by atoms with van der Waals surface area (Å²) >= 11 is 1.12. The highest BCUT2D eigenvalue weighted by Gasteiger charge is 2.15. The molecule has 0 amide bonds. The molecule has 1 heterocycles. The van der Waals surface area contributed by atoms with E-state index >= 15 is 0 Å². The number of aliphatic carboxylic acids is 1. The van der Waals surface area contributed by atoms with Gasteiger partial charge in [0.1, 0.15) is 5.71 Å². The van der Waals surface area contributed by atoms with Gasteiger partial charge in [-0.15, -0.1) is 11.8 Å². The number of carbonyl (C=O) groups excluding carboxylic acids is 1. The topological polar surface area (TPSA) is 145 Å². The van der Waals surface area contributed by atoms with Crippen molar-refractivity contribution in [2.75, 3.05) is 12.4 Å². The van der Waals surface area contributed by atoms with Crippen LogP contribution in [-0.2, 0) is 20.1 Å². The summed E-state index contributed by atoms with van der Waals surface area (Å²) in [7, 11) is 0. The fourth-order valence-corrected chi connectivity index (χ4v) is 2.73. The number of oxime groups is 1. The maximum absolute atomic E-state index is 11.5. The number of imidazole rings is 1. The number of hydrogen-bond acceptors (Lipinski definition) is 7. The molecule has 24 heavy (non-hydrogen) atoms. The quantitative estimate of drug-likeness (QED) is 0.153. The van der Waals surface area contributed by atoms with E-state index in [-0.39, 0.29) is 29.6 Å². The molecule has 0 fully saturated rings. The van der Waals surface area contributed by atoms with Crippen LogP contribution in [0.25, 0.3) is 0 Å². The van der Waals surface area contributed by atoms with E-state index in [0.717, 1.165) is 11.8 Å². The van der Waals surface area contributed by atoms with Crippen LogP contribution in [0, 0.1) is 0 Å². The van der Waals surface area contributed by atoms with Gasteiger partial charge in [-0.05, 0) is 26.2 Å². The van der Waals surface area contributed by atoms with Crippen molar-refractivity contribution in [1.29, 1.82) is 0 Å². The van der Waals surface area contributed by atoms with Crippen LogP contribution in [0.1, 0.15) is 44.0 Å². The molecule has 1 aromatic rings. The average molecular weight is 359 g/mol. The van der Waals surface area contributed by atoms with E-state index < -0.39 is 11.7 Å². The minimum absolute atomic E-state index is 0.0994. The standard InChI is InChI=1S/C14H21N3O6S/c1-2-23-12(20)6-4-3-5-9(17-22)13-10(15-14(21)16-13)7-24-8-11(18)19/h22H,2-8H2,1H3,(H,18,19)(H2,15,16,21)/b17-9+. The number of aromatic amines is 2. The van der Waals surface area contributed by atoms with E-state index in [1.807, 2.05) is 0 Å². The van der Waals surface area contributed by atoms with Gasteiger partial charge in [0.2, 0.25) is 0 Å². The molecule has 0 aliphatic rings. The zero-order valence-corrected chi connectivity index (χ0v) is 14.1. The summed E-state index contributed by atoms with van der Waals surface area (Å²) in [6.45, 7) is 2.07. The van der Waals surface area contributed by atoms with Gasteiger partial charge in [-0.25, -0.2) is 4.79 Å². The first kappa shape index (κ1) is 19.8. The number of rotatable bonds is 11. The fraction of sp³-hybridized carbons (Fsp3) is 0.571. The second kappa shape index (κ2) is 10.5. The maximum Gasteiger partial charge on any atom is 0.323 e. The Labute approximate surface area is 142 Å². The number of esters is 1. The number of hydrogen-bond donors (Lipinski definition) is 4. The number of H-pyrrole nitrogens is 2. The molecule has 0 aromatic carbocycles. The highest BCUT2D eigenvalue weighted by atomic mass is 32.2. The molecule has 0 saturated carbocycles. The monoisotopic (exact) mass is 359 g/mol. The SMILES string of the molecule is CCOC(=O)CCCC/C(=N\O)c1[nH]c(=O)[nH]c1CSCC(=O)O. The van der Waals surface area contributed by atoms with E-state index in [1.165, 1.54) is 0 Å². The predicted octanol–water partition coefficient (Wildman–Crippen LogP) is 1.32. The van der Waals surface area contributed by atoms with Crippen LogP contribution in [0.5, 0.6) is 0 Å². The van der Waals surface area contributed by atoms with Gasteiger partial charge in [-0.2, -0.15) is 0 Å². The summed E-state index contributed by atoms with van der Waals surface area (Å²) in [5, 5.41) is 21.0. The largest absolute Gasteiger partial charge is 0.481 e. The molecule has 0 aliphatic carbocycles. The van der Waals surface area contributed by atoms with Crippen molar-refractivity contribution in [1.82, 2.24) is 9.97 Å². The van der Waals surface area contributed by atoms with Crippen LogP contribution < -0.4 is 5.69 Å². The van der Waals surface area contributed by atoms with E-state index in [1.54, 1.807) is 6.92 Å². The lowest BCUT2D eigenvalue weighted by atomic mass is 10.1. The average Bonchev–Trinajstić information content (AvgIpc) is 2.88. The van der Waals surface area contributed by atoms with Gasteiger partial charge in [0.15, 0.2) is 0 Å². The normalized spacial score (nSPS) is 11.5. The molecule has 0 unspecified atom stereocenters. The number of thioether (sulfide) groups is 1. The van der Waals surface area contributed by atoms with Gasteiger partial charge in [-0.1, -0.05) is 5.16 Å². The first-order valence-electron chi connectivity index (χ1n) is 7.45. The van der Waals surface area contributed by atoms with Crippen molar-refractivity contribution in [2.45, 2.75) is 38.4 Å². The maximum atomic E-state index is 11.5. The smallest absolute Gasteiger partial charge is 0.323 e. The Morgan fingerprint density at radius 1 is 1.25 bits per heavy atom. The molecule has 1 rings (SSSR count). The minimum atomic E-state index is -0.950. The highest BCUT2D eigenvalue weighted by Crippen LogP contribution is 2.15. The summed E-state index contributed by atoms with van der Waals surface area (Å²) in [5.41, 5.74) is 0.660. The summed E-state index contributed by atoms with van der Waals surface area (Å²) in [5.74, 6) is -1.06. The lowest BCUT2D eigenvalue weighted by Gasteiger charge is -2.06. The number of unbranched alkanes of at least 4 members (excludes halogenated alkanes) is 1. The molecule has 9 nitrogen and oxygen atoms in total. The lowest BCUT2D eigenvalue weighted by Crippen LogP contribution is -2.08. The van der Waals surface area contributed by atoms with Crippen LogP contribution in [0.15, 0.2) is 9.95 Å². The number of nitrogens with one attached hydrogen (secondary N) is 2. The number of ether oxygens (including phenoxy) is 1. The number of nitrogens with zero attached hydrogens (tertiary/aromatic N) is 1. The molecule has 10 heteroatoms. The fourth-order valence-electron chi connectivity index (χ4n) is 2.03. The van der Waals surface area contributed by atoms with Crippen LogP contribution >= 0.6 is 11.8 Å². The molecular formula is C14H21N3O6S. The number of carbonyl (C=O) groups is 2. The molecule has 134 valence electrons. The number of carboxylic acid groups (broad SMARTS) is 1. The first-order chi connectivity index (χ1) is 11.5. The first-order valence-corrected chi connectivity index (χ1v) is 8.61. The van der Waals surface area contributed by atoms with Crippen molar-refractivity contribution < 1.29 is 24.6 Å². The Bertz CT molecular complexity index is 637. The second-order valence-electron chi connectivity index (χ2n) is 4.88. The molecule has 0 aliphatic heterocycles. The number of aromatic nitrogens is 2. The molecule has 0 radical (unpaired) electrons. The van der Waals surface area contributed by atoms with E-state index in [4.69, 9.17) is 9.84 Å². The predicted molar refractivity (Wildman–Crippen MR) is 88.6 cm³/mol. The van der Waals surface area contributed by atoms with Crippen molar-refractivity contribution in [2.24, 2.45) is 5.16 Å². The van der Waals surface area contributed by atoms with Crippen molar-refractivity contribution in [3.8, 4) is 0 Å². The summed E-state index contributed by atoms with van der Waals surface area (Å²) in [6.07, 6.45) is 1.78. The van der Waals surface area contributed by atoms with Gasteiger partial charge < -0.3 is 25.0 Å². The third-order valence-electron chi connectivity index (χ3n) is 3.04. The van der Waals surface area contributed by atoms with E-state index in [0.29, 0.717) is 37.3 Å². The Kier molecular flexibility index (Phi) is 8.69. The van der Waals surface area contributed by atoms with Crippen molar-refractivity contribution in [3.05, 3.63) is 21.9 Å². The number of carboxylic acids is 1. The van der Waals surface area contributed by atoms with Gasteiger partial charge in [0.05, 0.1) is 23.7 Å². The third kappa shape index (κ3) is 6.90. The molecular weight excluding hydrogens is 338 g/mol. The summed E-state index contributed by atoms with van der Waals surface area (Å²) in [6, 6.07) is 0. The Morgan fingerprint density at radius 3 is 2.58 bits per heavy atom. The Balaban J connectivity index is 2.60. The second-order valence-corrected chi connectivity index (χ2v) is 5.86. The summed E-state index contributed by atoms with van der Waals surface area (Å²) in [4.78, 5) is 38.4. The Hall–Kier alpha value is -2.23. The van der Waals surface area contributed by atoms with Crippen LogP contribution in [-0.4, -0.2) is 50.3 Å². The molecule has 0 bridgehead atoms. The van der Waals surface area contributed by atoms with E-state index in [2.05, 4.69) is 15.1 Å². The van der Waals surface area contributed by atoms with Gasteiger partial charge in [0.25, 0.3) is 0 Å². The van der Waals surface area contributed by atoms with E-state index in [9.17, 15) is 19.6 Å². The van der Waals surface area contributed by atoms with Crippen LogP contribution in [0.3, 0.4) is 0 Å². The zero-order valence-electron chi connectivity index (χ0n) is 13.3. The molecule has 4 N–H and O–H groups in total. The highest BCUT2D eigenvalue weighted by molar-refractivity contribution is 7.99. The molecule has 0 atom stereocenters. The van der Waals surface area contributed by atoms with Gasteiger partial charge in [-0.3, -0.25) is 9.59 Å². The third-order valence-corrected chi connectivity index (χ3v) is 3.98. The zero-order chi connectivity index (χ0) is 17.9. The van der Waals surface area contributed by atoms with Crippen LogP contribution in [0.4, 0.5) is 0 Å². The van der Waals surface area contributed by atoms with Crippen molar-refractivity contribution >= 4 is 29.4 Å². The van der Waals surface area contributed by atoms with Gasteiger partial charge in [0, 0.05) is 12.2 Å². The van der Waals surface area contributed by atoms with Crippen molar-refractivity contribution in [3.63, 3.8) is 0 Å². The van der Waals surface area contributed by atoms with Crippen LogP contribution in [0.2, 0.25) is 0 Å². The lowest BCUT2D eigenvalue weighted by molar-refractivity contribution is -0.143. The summed E-state index contributed by atoms with van der Waals surface area (Å²) < 4.78 is 4.82. The molecule has 0 spiro atoms. The Morgan fingerprint density at radius 2 is 1.96 bits per heavy atom. The van der Waals surface area contributed by atoms with Gasteiger partial charge >= 0.3 is 17.6 Å².